The highest BCUT2D eigenvalue weighted by Gasteiger charge is 2.23. The Bertz CT molecular complexity index is 1480. The molecular formula is C53H84NO8P. The van der Waals surface area contributed by atoms with E-state index in [0.29, 0.717) is 19.3 Å². The number of esters is 1. The molecule has 0 aromatic carbocycles. The molecule has 0 aliphatic heterocycles. The van der Waals surface area contributed by atoms with E-state index in [1.807, 2.05) is 0 Å². The molecule has 9 nitrogen and oxygen atoms in total. The Balaban J connectivity index is 3.77. The maximum absolute atomic E-state index is 12.1. The Morgan fingerprint density at radius 1 is 0.508 bits per heavy atom. The van der Waals surface area contributed by atoms with Crippen molar-refractivity contribution in [3.63, 3.8) is 0 Å². The van der Waals surface area contributed by atoms with Gasteiger partial charge in [-0.2, -0.15) is 0 Å². The third kappa shape index (κ3) is 49.0. The number of phosphoric ester groups is 1. The van der Waals surface area contributed by atoms with Crippen LogP contribution >= 0.6 is 7.82 Å². The number of phosphoric acid groups is 1. The molecule has 63 heavy (non-hydrogen) atoms. The van der Waals surface area contributed by atoms with E-state index in [2.05, 4.69) is 153 Å². The number of hydrogen-bond donors (Lipinski definition) is 3. The van der Waals surface area contributed by atoms with Crippen LogP contribution in [0.2, 0.25) is 0 Å². The Morgan fingerprint density at radius 2 is 0.921 bits per heavy atom. The van der Waals surface area contributed by atoms with Gasteiger partial charge in [0.05, 0.1) is 13.2 Å². The van der Waals surface area contributed by atoms with Crippen molar-refractivity contribution < 1.29 is 37.9 Å². The van der Waals surface area contributed by atoms with Crippen LogP contribution in [0, 0.1) is 0 Å². The minimum Gasteiger partial charge on any atom is -0.463 e. The van der Waals surface area contributed by atoms with Gasteiger partial charge in [0.25, 0.3) is 0 Å². The number of aliphatic hydroxyl groups is 1. The molecule has 0 aliphatic rings. The predicted octanol–water partition coefficient (Wildman–Crippen LogP) is 13.9. The first kappa shape index (κ1) is 59.1. The highest BCUT2D eigenvalue weighted by Crippen LogP contribution is 2.42. The van der Waals surface area contributed by atoms with Crippen molar-refractivity contribution >= 4 is 19.7 Å². The Labute approximate surface area is 382 Å². The van der Waals surface area contributed by atoms with Crippen molar-refractivity contribution in [1.82, 2.24) is 5.32 Å². The lowest BCUT2D eigenvalue weighted by molar-refractivity contribution is -0.147. The van der Waals surface area contributed by atoms with Crippen molar-refractivity contribution in [2.75, 3.05) is 26.4 Å². The van der Waals surface area contributed by atoms with Gasteiger partial charge in [0.2, 0.25) is 5.91 Å². The predicted molar refractivity (Wildman–Crippen MR) is 265 cm³/mol. The van der Waals surface area contributed by atoms with Gasteiger partial charge in [-0.3, -0.25) is 18.6 Å². The van der Waals surface area contributed by atoms with Gasteiger partial charge in [-0.25, -0.2) is 4.57 Å². The fraction of sp³-hybridized carbons (Fsp3) is 0.547. The number of hydrogen-bond acceptors (Lipinski definition) is 7. The first-order valence-electron chi connectivity index (χ1n) is 23.7. The molecule has 0 spiro atoms. The highest BCUT2D eigenvalue weighted by molar-refractivity contribution is 7.47. The van der Waals surface area contributed by atoms with Crippen LogP contribution in [0.15, 0.2) is 134 Å². The minimum absolute atomic E-state index is 0.0367. The van der Waals surface area contributed by atoms with Crippen LogP contribution in [0.5, 0.6) is 0 Å². The van der Waals surface area contributed by atoms with E-state index in [9.17, 15) is 24.2 Å². The van der Waals surface area contributed by atoms with E-state index < -0.39 is 26.5 Å². The number of nitrogens with one attached hydrogen (secondary N) is 1. The third-order valence-electron chi connectivity index (χ3n) is 9.06. The first-order chi connectivity index (χ1) is 30.8. The highest BCUT2D eigenvalue weighted by atomic mass is 31.2. The van der Waals surface area contributed by atoms with Crippen LogP contribution in [0.25, 0.3) is 0 Å². The molecule has 0 bridgehead atoms. The molecule has 2 unspecified atom stereocenters. The SMILES string of the molecule is CC/C=C\C/C=C\C/C=C\C/C=C\C/C=C\C/C=C\C/C=C\CCCC(=O)NCCOP(=O)(O)OCC(O)COC(=O)CCCCC/C=C\C/C=C\C/C=C\C/C=C\CCCCC. The summed E-state index contributed by atoms with van der Waals surface area (Å²) in [4.78, 5) is 34.0. The minimum atomic E-state index is -4.46. The van der Waals surface area contributed by atoms with Crippen LogP contribution in [0.4, 0.5) is 0 Å². The van der Waals surface area contributed by atoms with E-state index >= 15 is 0 Å². The van der Waals surface area contributed by atoms with E-state index in [1.165, 1.54) is 25.7 Å². The van der Waals surface area contributed by atoms with Gasteiger partial charge in [0.15, 0.2) is 0 Å². The average Bonchev–Trinajstić information content (AvgIpc) is 3.27. The van der Waals surface area contributed by atoms with Crippen molar-refractivity contribution in [2.24, 2.45) is 0 Å². The summed E-state index contributed by atoms with van der Waals surface area (Å²) in [6, 6.07) is 0. The first-order valence-corrected chi connectivity index (χ1v) is 25.2. The number of unbranched alkanes of at least 4 members (excludes halogenated alkanes) is 7. The van der Waals surface area contributed by atoms with Gasteiger partial charge >= 0.3 is 13.8 Å². The Hall–Kier alpha value is -3.85. The van der Waals surface area contributed by atoms with Crippen LogP contribution in [0.1, 0.15) is 155 Å². The number of carbonyl (C=O) groups is 2. The topological polar surface area (TPSA) is 131 Å². The Morgan fingerprint density at radius 3 is 1.37 bits per heavy atom. The van der Waals surface area contributed by atoms with Crippen LogP contribution < -0.4 is 5.32 Å². The van der Waals surface area contributed by atoms with Crippen molar-refractivity contribution in [3.05, 3.63) is 134 Å². The average molecular weight is 894 g/mol. The zero-order valence-electron chi connectivity index (χ0n) is 39.0. The molecule has 0 fully saturated rings. The number of carbonyl (C=O) groups excluding carboxylic acids is 2. The molecular weight excluding hydrogens is 810 g/mol. The number of rotatable bonds is 42. The summed E-state index contributed by atoms with van der Waals surface area (Å²) in [5.41, 5.74) is 0. The molecule has 0 aliphatic carbocycles. The molecule has 2 atom stereocenters. The van der Waals surface area contributed by atoms with Crippen molar-refractivity contribution in [1.29, 1.82) is 0 Å². The molecule has 10 heteroatoms. The Kier molecular flexibility index (Phi) is 44.7. The maximum atomic E-state index is 12.1. The normalized spacial score (nSPS) is 14.4. The lowest BCUT2D eigenvalue weighted by Gasteiger charge is -2.15. The maximum Gasteiger partial charge on any atom is 0.472 e. The fourth-order valence-electron chi connectivity index (χ4n) is 5.53. The molecule has 0 saturated carbocycles. The largest absolute Gasteiger partial charge is 0.472 e. The van der Waals surface area contributed by atoms with Gasteiger partial charge in [-0.15, -0.1) is 0 Å². The summed E-state index contributed by atoms with van der Waals surface area (Å²) in [6.45, 7) is 3.27. The lowest BCUT2D eigenvalue weighted by Crippen LogP contribution is -2.27. The summed E-state index contributed by atoms with van der Waals surface area (Å²) >= 11 is 0. The molecule has 0 radical (unpaired) electrons. The number of aliphatic hydroxyl groups excluding tert-OH is 1. The second-order valence-electron chi connectivity index (χ2n) is 15.0. The zero-order valence-corrected chi connectivity index (χ0v) is 39.8. The fourth-order valence-corrected chi connectivity index (χ4v) is 6.28. The molecule has 3 N–H and O–H groups in total. The van der Waals surface area contributed by atoms with Crippen molar-refractivity contribution in [2.45, 2.75) is 161 Å². The quantitative estimate of drug-likeness (QED) is 0.0239. The molecule has 0 aromatic rings. The van der Waals surface area contributed by atoms with Gasteiger partial charge in [0, 0.05) is 19.4 Å². The standard InChI is InChI=1S/C53H84NO8P/c1-3-5-7-9-11-13-15-17-19-21-23-24-25-26-28-29-31-33-35-37-39-41-43-45-52(56)54-47-48-61-63(58,59)62-50-51(55)49-60-53(57)46-44-42-40-38-36-34-32-30-27-22-20-18-16-14-12-10-8-6-4-2/h5,7,11-14,17-20,23-24,26-28,30-31,33-34,36-37,39,51,55H,3-4,6,8-10,15-16,21-22,25,29,32,35,38,40-50H2,1-2H3,(H,54,56)(H,58,59)/b7-5-,13-11-,14-12-,19-17-,20-18-,24-23-,28-26-,30-27-,33-31-,36-34-,39-37-. The van der Waals surface area contributed by atoms with E-state index in [1.54, 1.807) is 0 Å². The monoisotopic (exact) mass is 894 g/mol. The molecule has 0 heterocycles. The number of amides is 1. The van der Waals surface area contributed by atoms with Gasteiger partial charge in [-0.1, -0.05) is 167 Å². The second-order valence-corrected chi connectivity index (χ2v) is 16.4. The molecule has 0 saturated heterocycles. The summed E-state index contributed by atoms with van der Waals surface area (Å²) in [5, 5.41) is 12.7. The smallest absolute Gasteiger partial charge is 0.463 e. The van der Waals surface area contributed by atoms with Crippen LogP contribution in [-0.4, -0.2) is 54.3 Å². The number of allylic oxidation sites excluding steroid dienone is 22. The molecule has 354 valence electrons. The molecule has 1 amide bonds. The summed E-state index contributed by atoms with van der Waals surface area (Å²) < 4.78 is 26.9. The zero-order chi connectivity index (χ0) is 46.0. The van der Waals surface area contributed by atoms with Crippen LogP contribution in [0.3, 0.4) is 0 Å². The summed E-state index contributed by atoms with van der Waals surface area (Å²) in [7, 11) is -4.46. The second kappa shape index (κ2) is 47.6. The third-order valence-corrected chi connectivity index (χ3v) is 10.0. The van der Waals surface area contributed by atoms with Gasteiger partial charge < -0.3 is 20.1 Å². The van der Waals surface area contributed by atoms with E-state index in [0.717, 1.165) is 89.9 Å². The number of ether oxygens (including phenoxy) is 1. The van der Waals surface area contributed by atoms with Crippen LogP contribution in [-0.2, 0) is 27.9 Å². The lowest BCUT2D eigenvalue weighted by atomic mass is 10.1. The summed E-state index contributed by atoms with van der Waals surface area (Å²) in [5.74, 6) is -0.621. The summed E-state index contributed by atoms with van der Waals surface area (Å²) in [6.07, 6.45) is 66.7. The molecule has 0 aromatic heterocycles. The van der Waals surface area contributed by atoms with E-state index in [-0.39, 0.29) is 32.1 Å². The van der Waals surface area contributed by atoms with Gasteiger partial charge in [0.1, 0.15) is 12.7 Å². The molecule has 0 rings (SSSR count). The van der Waals surface area contributed by atoms with E-state index in [4.69, 9.17) is 13.8 Å². The van der Waals surface area contributed by atoms with Crippen molar-refractivity contribution in [3.8, 4) is 0 Å². The van der Waals surface area contributed by atoms with Gasteiger partial charge in [-0.05, 0) is 109 Å².